The number of ether oxygens (including phenoxy) is 2. The normalized spacial score (nSPS) is 10.8. The fourth-order valence-corrected chi connectivity index (χ4v) is 4.25. The van der Waals surface area contributed by atoms with Crippen LogP contribution in [0.15, 0.2) is 24.3 Å². The quantitative estimate of drug-likeness (QED) is 0.485. The van der Waals surface area contributed by atoms with E-state index >= 15 is 0 Å². The molecule has 28 heavy (non-hydrogen) atoms. The summed E-state index contributed by atoms with van der Waals surface area (Å²) in [6.07, 6.45) is 1.88. The first-order chi connectivity index (χ1) is 12.9. The Morgan fingerprint density at radius 3 is 2.21 bits per heavy atom. The molecular formula is C23H32LiO3P. The van der Waals surface area contributed by atoms with Crippen LogP contribution in [-0.2, 0) is 0 Å². The molecule has 0 aromatic heterocycles. The van der Waals surface area contributed by atoms with Crippen molar-refractivity contribution in [2.75, 3.05) is 13.2 Å². The van der Waals surface area contributed by atoms with Crippen LogP contribution in [0.3, 0.4) is 0 Å². The molecule has 0 fully saturated rings. The predicted molar refractivity (Wildman–Crippen MR) is 117 cm³/mol. The van der Waals surface area contributed by atoms with Crippen molar-refractivity contribution < 1.29 is 34.6 Å². The molecule has 0 amide bonds. The van der Waals surface area contributed by atoms with Gasteiger partial charge in [0.2, 0.25) is 0 Å². The second-order valence-corrected chi connectivity index (χ2v) is 8.19. The Bertz CT molecular complexity index is 824. The fourth-order valence-electron chi connectivity index (χ4n) is 3.07. The van der Waals surface area contributed by atoms with E-state index in [-0.39, 0.29) is 34.4 Å². The van der Waals surface area contributed by atoms with Gasteiger partial charge in [-0.15, -0.1) is 0 Å². The topological polar surface area (TPSA) is 35.5 Å². The molecule has 1 unspecified atom stereocenters. The molecule has 0 aliphatic rings. The summed E-state index contributed by atoms with van der Waals surface area (Å²) in [4.78, 5) is 13.1. The zero-order valence-electron chi connectivity index (χ0n) is 19.4. The Kier molecular flexibility index (Phi) is 10.3. The van der Waals surface area contributed by atoms with Crippen molar-refractivity contribution in [3.63, 3.8) is 0 Å². The van der Waals surface area contributed by atoms with Crippen LogP contribution >= 0.6 is 8.58 Å². The Hall–Kier alpha value is -1.26. The van der Waals surface area contributed by atoms with Gasteiger partial charge in [0.05, 0.1) is 13.2 Å². The number of aryl methyl sites for hydroxylation is 2. The Morgan fingerprint density at radius 1 is 0.929 bits per heavy atom. The van der Waals surface area contributed by atoms with E-state index in [9.17, 15) is 4.79 Å². The molecular weight excluding hydrogens is 362 g/mol. The van der Waals surface area contributed by atoms with Crippen molar-refractivity contribution in [1.82, 2.24) is 0 Å². The molecule has 2 aromatic rings. The second kappa shape index (κ2) is 11.7. The van der Waals surface area contributed by atoms with Gasteiger partial charge in [-0.1, -0.05) is 19.9 Å². The first kappa shape index (κ1) is 24.8. The number of carbonyl (C=O) groups is 1. The van der Waals surface area contributed by atoms with Gasteiger partial charge < -0.3 is 10.9 Å². The number of hydrogen-bond acceptors (Lipinski definition) is 3. The smallest absolute Gasteiger partial charge is 1.00 e. The van der Waals surface area contributed by atoms with Gasteiger partial charge in [0.25, 0.3) is 0 Å². The molecule has 2 rings (SSSR count). The number of carbonyl (C=O) groups excluding carboxylic acids is 1. The molecule has 0 spiro atoms. The molecule has 0 aliphatic carbocycles. The maximum absolute atomic E-state index is 13.1. The van der Waals surface area contributed by atoms with E-state index in [4.69, 9.17) is 9.47 Å². The summed E-state index contributed by atoms with van der Waals surface area (Å²) in [5.74, 6) is 1.55. The monoisotopic (exact) mass is 394 g/mol. The van der Waals surface area contributed by atoms with Crippen LogP contribution in [0.4, 0.5) is 0 Å². The zero-order chi connectivity index (χ0) is 20.0. The van der Waals surface area contributed by atoms with Gasteiger partial charge in [0.1, 0.15) is 11.5 Å². The summed E-state index contributed by atoms with van der Waals surface area (Å²) in [6, 6.07) is 7.93. The van der Waals surface area contributed by atoms with Gasteiger partial charge in [0.15, 0.2) is 5.52 Å². The van der Waals surface area contributed by atoms with Crippen LogP contribution in [0.1, 0.15) is 60.7 Å². The average Bonchev–Trinajstić information content (AvgIpc) is 2.64. The molecule has 0 saturated heterocycles. The van der Waals surface area contributed by atoms with Gasteiger partial charge in [0, 0.05) is 16.9 Å². The molecule has 3 nitrogen and oxygen atoms in total. The second-order valence-electron chi connectivity index (χ2n) is 6.94. The van der Waals surface area contributed by atoms with Gasteiger partial charge in [-0.05, 0) is 83.5 Å². The van der Waals surface area contributed by atoms with Crippen LogP contribution in [0.2, 0.25) is 0 Å². The first-order valence-corrected chi connectivity index (χ1v) is 10.7. The largest absolute Gasteiger partial charge is 1.00 e. The molecule has 1 atom stereocenters. The minimum absolute atomic E-state index is 0. The summed E-state index contributed by atoms with van der Waals surface area (Å²) in [7, 11) is 0.0309. The molecule has 0 saturated carbocycles. The molecule has 0 bridgehead atoms. The first-order valence-electron chi connectivity index (χ1n) is 9.67. The summed E-state index contributed by atoms with van der Waals surface area (Å²) in [5.41, 5.74) is 5.57. The molecule has 2 aromatic carbocycles. The molecule has 5 heteroatoms. The van der Waals surface area contributed by atoms with Gasteiger partial charge in [-0.2, -0.15) is 0 Å². The third-order valence-electron chi connectivity index (χ3n) is 4.72. The number of hydrogen-bond donors (Lipinski definition) is 0. The SMILES string of the molecule is CCCOc1ccc(PC(=O)c2c(C)cc(C)c(C)c2C)c(OCCC)c1.[H-].[Li+]. The van der Waals surface area contributed by atoms with Crippen molar-refractivity contribution in [3.8, 4) is 11.5 Å². The Morgan fingerprint density at radius 2 is 1.57 bits per heavy atom. The van der Waals surface area contributed by atoms with Gasteiger partial charge in [-0.3, -0.25) is 4.79 Å². The number of rotatable bonds is 9. The van der Waals surface area contributed by atoms with E-state index in [0.29, 0.717) is 13.2 Å². The van der Waals surface area contributed by atoms with Crippen molar-refractivity contribution in [2.24, 2.45) is 0 Å². The third kappa shape index (κ3) is 6.12. The van der Waals surface area contributed by atoms with E-state index in [1.807, 2.05) is 32.0 Å². The standard InChI is InChI=1S/C23H31O3P.Li.H/c1-7-11-25-19-9-10-21(20(14-19)26-12-8-2)27-23(24)22-16(4)13-15(3)17(5)18(22)6;;/h9-10,13-14,27H,7-8,11-12H2,1-6H3;;/q;+1;-1. The van der Waals surface area contributed by atoms with Gasteiger partial charge in [-0.25, -0.2) is 0 Å². The van der Waals surface area contributed by atoms with Crippen LogP contribution in [-0.4, -0.2) is 18.7 Å². The molecule has 0 heterocycles. The molecule has 0 N–H and O–H groups in total. The van der Waals surface area contributed by atoms with E-state index in [2.05, 4.69) is 33.8 Å². The van der Waals surface area contributed by atoms with E-state index in [1.165, 1.54) is 11.1 Å². The van der Waals surface area contributed by atoms with Gasteiger partial charge >= 0.3 is 18.9 Å². The van der Waals surface area contributed by atoms with Crippen molar-refractivity contribution in [1.29, 1.82) is 0 Å². The predicted octanol–water partition coefficient (Wildman–Crippen LogP) is 2.76. The zero-order valence-corrected chi connectivity index (χ0v) is 19.4. The van der Waals surface area contributed by atoms with Crippen LogP contribution in [0.5, 0.6) is 11.5 Å². The summed E-state index contributed by atoms with van der Waals surface area (Å²) in [6.45, 7) is 13.7. The van der Waals surface area contributed by atoms with E-state index < -0.39 is 0 Å². The van der Waals surface area contributed by atoms with Crippen LogP contribution < -0.4 is 33.6 Å². The fraction of sp³-hybridized carbons (Fsp3) is 0.435. The van der Waals surface area contributed by atoms with Crippen LogP contribution in [0, 0.1) is 27.7 Å². The Labute approximate surface area is 185 Å². The van der Waals surface area contributed by atoms with E-state index in [0.717, 1.165) is 46.3 Å². The molecule has 0 radical (unpaired) electrons. The van der Waals surface area contributed by atoms with E-state index in [1.54, 1.807) is 0 Å². The summed E-state index contributed by atoms with van der Waals surface area (Å²) >= 11 is 0. The summed E-state index contributed by atoms with van der Waals surface area (Å²) < 4.78 is 11.6. The molecule has 0 aliphatic heterocycles. The minimum atomic E-state index is 0. The van der Waals surface area contributed by atoms with Crippen LogP contribution in [0.25, 0.3) is 0 Å². The third-order valence-corrected chi connectivity index (χ3v) is 5.88. The molecule has 148 valence electrons. The summed E-state index contributed by atoms with van der Waals surface area (Å²) in [5, 5.41) is 0.939. The average molecular weight is 394 g/mol. The Balaban J connectivity index is 0.00000392. The maximum atomic E-state index is 13.1. The maximum Gasteiger partial charge on any atom is 1.00 e. The minimum Gasteiger partial charge on any atom is -1.00 e. The van der Waals surface area contributed by atoms with Crippen molar-refractivity contribution in [3.05, 3.63) is 52.1 Å². The van der Waals surface area contributed by atoms with Crippen molar-refractivity contribution >= 4 is 19.4 Å². The van der Waals surface area contributed by atoms with Crippen molar-refractivity contribution in [2.45, 2.75) is 54.4 Å². The number of benzene rings is 2.